The van der Waals surface area contributed by atoms with Crippen LogP contribution in [0.2, 0.25) is 0 Å². The summed E-state index contributed by atoms with van der Waals surface area (Å²) in [6, 6.07) is 19.9. The molecular formula is C17H16N5Y-. The van der Waals surface area contributed by atoms with E-state index in [-0.39, 0.29) is 32.7 Å². The van der Waals surface area contributed by atoms with Gasteiger partial charge in [0.25, 0.3) is 0 Å². The van der Waals surface area contributed by atoms with E-state index in [4.69, 9.17) is 0 Å². The average molecular weight is 379 g/mol. The van der Waals surface area contributed by atoms with Gasteiger partial charge in [0.15, 0.2) is 5.95 Å². The molecular weight excluding hydrogens is 363 g/mol. The summed E-state index contributed by atoms with van der Waals surface area (Å²) in [5, 5.41) is 5.90. The van der Waals surface area contributed by atoms with Crippen molar-refractivity contribution in [2.24, 2.45) is 0 Å². The summed E-state index contributed by atoms with van der Waals surface area (Å²) >= 11 is 0. The number of nitrogens with one attached hydrogen (secondary N) is 2. The van der Waals surface area contributed by atoms with Crippen molar-refractivity contribution < 1.29 is 32.7 Å². The zero-order chi connectivity index (χ0) is 15.2. The number of rotatable bonds is 5. The number of para-hydroxylation sites is 1. The van der Waals surface area contributed by atoms with E-state index >= 15 is 0 Å². The maximum absolute atomic E-state index is 4.47. The van der Waals surface area contributed by atoms with Crippen LogP contribution in [-0.2, 0) is 39.1 Å². The Morgan fingerprint density at radius 3 is 2.04 bits per heavy atom. The molecule has 0 aliphatic carbocycles. The van der Waals surface area contributed by atoms with Crippen molar-refractivity contribution in [2.75, 3.05) is 10.6 Å². The molecule has 0 unspecified atom stereocenters. The van der Waals surface area contributed by atoms with Crippen molar-refractivity contribution >= 4 is 17.6 Å². The van der Waals surface area contributed by atoms with Crippen LogP contribution in [0.3, 0.4) is 0 Å². The topological polar surface area (TPSA) is 62.7 Å². The number of benzene rings is 2. The summed E-state index contributed by atoms with van der Waals surface area (Å²) < 4.78 is 0. The third-order valence-electron chi connectivity index (χ3n) is 3.07. The summed E-state index contributed by atoms with van der Waals surface area (Å²) in [5.74, 6) is 1.63. The van der Waals surface area contributed by atoms with Gasteiger partial charge in [-0.2, -0.15) is 15.0 Å². The summed E-state index contributed by atoms with van der Waals surface area (Å²) in [5.41, 5.74) is 2.07. The minimum Gasteiger partial charge on any atom is -0.506 e. The molecule has 1 aromatic heterocycles. The van der Waals surface area contributed by atoms with Crippen molar-refractivity contribution in [1.82, 2.24) is 15.0 Å². The van der Waals surface area contributed by atoms with Gasteiger partial charge in [-0.1, -0.05) is 48.5 Å². The predicted octanol–water partition coefficient (Wildman–Crippen LogP) is 3.41. The maximum atomic E-state index is 4.47. The Morgan fingerprint density at radius 2 is 1.39 bits per heavy atom. The molecule has 23 heavy (non-hydrogen) atoms. The standard InChI is InChI=1S/C17H16N5.Y/c1-18-16-20-15(12-13-8-4-2-5-9-13)21-17(22-16)19-14-10-6-3-7-11-14;/h2-11H,1,12H2,(H2,18,19,20,21,22);/q-1;. The van der Waals surface area contributed by atoms with Crippen LogP contribution in [0.4, 0.5) is 17.6 Å². The Bertz CT molecular complexity index is 675. The smallest absolute Gasteiger partial charge is 0.232 e. The van der Waals surface area contributed by atoms with Crippen molar-refractivity contribution in [2.45, 2.75) is 6.42 Å². The Morgan fingerprint density at radius 1 is 0.783 bits per heavy atom. The average Bonchev–Trinajstić information content (AvgIpc) is 2.56. The van der Waals surface area contributed by atoms with Gasteiger partial charge >= 0.3 is 0 Å². The SMILES string of the molecule is [CH2-]Nc1nc(Cc2ccccc2)nc(Nc2ccccc2)n1.[Y]. The van der Waals surface area contributed by atoms with Gasteiger partial charge in [0.2, 0.25) is 5.95 Å². The molecule has 5 nitrogen and oxygen atoms in total. The van der Waals surface area contributed by atoms with E-state index in [1.165, 1.54) is 0 Å². The second-order valence-electron chi connectivity index (χ2n) is 4.73. The van der Waals surface area contributed by atoms with E-state index in [2.05, 4.69) is 32.6 Å². The quantitative estimate of drug-likeness (QED) is 0.666. The summed E-state index contributed by atoms with van der Waals surface area (Å²) in [4.78, 5) is 13.1. The molecule has 0 spiro atoms. The van der Waals surface area contributed by atoms with E-state index < -0.39 is 0 Å². The van der Waals surface area contributed by atoms with E-state index in [9.17, 15) is 0 Å². The maximum Gasteiger partial charge on any atom is 0.232 e. The summed E-state index contributed by atoms with van der Waals surface area (Å²) in [6.45, 7) is 0. The number of aromatic nitrogens is 3. The first-order chi connectivity index (χ1) is 10.8. The Hall–Kier alpha value is -1.85. The fourth-order valence-corrected chi connectivity index (χ4v) is 2.06. The van der Waals surface area contributed by atoms with Crippen LogP contribution in [0.15, 0.2) is 60.7 Å². The Labute approximate surface area is 160 Å². The van der Waals surface area contributed by atoms with Crippen LogP contribution in [0.1, 0.15) is 11.4 Å². The van der Waals surface area contributed by atoms with Gasteiger partial charge in [-0.25, -0.2) is 0 Å². The molecule has 1 radical (unpaired) electrons. The molecule has 6 heteroatoms. The van der Waals surface area contributed by atoms with Crippen LogP contribution in [0.5, 0.6) is 0 Å². The molecule has 113 valence electrons. The third-order valence-corrected chi connectivity index (χ3v) is 3.07. The van der Waals surface area contributed by atoms with Gasteiger partial charge in [-0.3, -0.25) is 7.05 Å². The van der Waals surface area contributed by atoms with Crippen LogP contribution < -0.4 is 10.6 Å². The van der Waals surface area contributed by atoms with Crippen LogP contribution in [0.25, 0.3) is 0 Å². The second-order valence-corrected chi connectivity index (χ2v) is 4.73. The Balaban J connectivity index is 0.00000192. The normalized spacial score (nSPS) is 9.78. The molecule has 2 N–H and O–H groups in total. The van der Waals surface area contributed by atoms with Crippen molar-refractivity contribution in [3.05, 3.63) is 79.1 Å². The van der Waals surface area contributed by atoms with Crippen molar-refractivity contribution in [1.29, 1.82) is 0 Å². The van der Waals surface area contributed by atoms with Crippen LogP contribution in [-0.4, -0.2) is 15.0 Å². The molecule has 0 bridgehead atoms. The minimum atomic E-state index is 0. The van der Waals surface area contributed by atoms with Gasteiger partial charge in [0.05, 0.1) is 0 Å². The predicted molar refractivity (Wildman–Crippen MR) is 87.8 cm³/mol. The van der Waals surface area contributed by atoms with E-state index in [0.717, 1.165) is 11.3 Å². The van der Waals surface area contributed by atoms with Gasteiger partial charge in [-0.15, -0.1) is 0 Å². The first kappa shape index (κ1) is 17.5. The van der Waals surface area contributed by atoms with Crippen LogP contribution in [0, 0.1) is 7.05 Å². The van der Waals surface area contributed by atoms with Crippen molar-refractivity contribution in [3.8, 4) is 0 Å². The molecule has 1 heterocycles. The van der Waals surface area contributed by atoms with E-state index in [1.807, 2.05) is 60.7 Å². The van der Waals surface area contributed by atoms with E-state index in [1.54, 1.807) is 0 Å². The molecule has 0 aliphatic heterocycles. The first-order valence-corrected chi connectivity index (χ1v) is 6.97. The number of hydrogen-bond acceptors (Lipinski definition) is 5. The number of anilines is 3. The molecule has 0 atom stereocenters. The van der Waals surface area contributed by atoms with Crippen molar-refractivity contribution in [3.63, 3.8) is 0 Å². The molecule has 0 saturated heterocycles. The molecule has 0 fully saturated rings. The fraction of sp³-hybridized carbons (Fsp3) is 0.0588. The summed E-state index contributed by atoms with van der Waals surface area (Å²) in [7, 11) is 3.62. The number of nitrogens with zero attached hydrogens (tertiary/aromatic N) is 3. The van der Waals surface area contributed by atoms with Gasteiger partial charge < -0.3 is 10.6 Å². The second kappa shape index (κ2) is 8.70. The van der Waals surface area contributed by atoms with Gasteiger partial charge in [-0.05, 0) is 17.7 Å². The molecule has 3 rings (SSSR count). The monoisotopic (exact) mass is 379 g/mol. The van der Waals surface area contributed by atoms with Gasteiger partial charge in [0.1, 0.15) is 5.82 Å². The molecule has 2 aromatic carbocycles. The Kier molecular flexibility index (Phi) is 6.62. The van der Waals surface area contributed by atoms with Crippen LogP contribution >= 0.6 is 0 Å². The largest absolute Gasteiger partial charge is 0.506 e. The van der Waals surface area contributed by atoms with Gasteiger partial charge in [0, 0.05) is 44.8 Å². The summed E-state index contributed by atoms with van der Waals surface area (Å²) in [6.07, 6.45) is 0.640. The molecule has 0 aliphatic rings. The minimum absolute atomic E-state index is 0. The number of hydrogen-bond donors (Lipinski definition) is 2. The molecule has 0 saturated carbocycles. The molecule has 3 aromatic rings. The fourth-order valence-electron chi connectivity index (χ4n) is 2.06. The zero-order valence-electron chi connectivity index (χ0n) is 12.6. The van der Waals surface area contributed by atoms with E-state index in [0.29, 0.717) is 24.1 Å². The third kappa shape index (κ3) is 5.08. The zero-order valence-corrected chi connectivity index (χ0v) is 15.4. The first-order valence-electron chi connectivity index (χ1n) is 6.97. The molecule has 0 amide bonds.